The smallest absolute Gasteiger partial charge is 0.123 e. The number of rotatable bonds is 6. The first-order valence-corrected chi connectivity index (χ1v) is 7.32. The second kappa shape index (κ2) is 7.51. The third-order valence-electron chi connectivity index (χ3n) is 3.78. The molecule has 1 saturated carbocycles. The van der Waals surface area contributed by atoms with Crippen molar-refractivity contribution in [1.82, 2.24) is 0 Å². The number of para-hydroxylation sites is 1. The van der Waals surface area contributed by atoms with Crippen LogP contribution in [-0.4, -0.2) is 19.3 Å². The Labute approximate surface area is 116 Å². The summed E-state index contributed by atoms with van der Waals surface area (Å²) in [6, 6.07) is 7.91. The summed E-state index contributed by atoms with van der Waals surface area (Å²) in [5.41, 5.74) is 6.73. The van der Waals surface area contributed by atoms with Crippen LogP contribution in [0.4, 0.5) is 0 Å². The van der Waals surface area contributed by atoms with Gasteiger partial charge >= 0.3 is 0 Å². The summed E-state index contributed by atoms with van der Waals surface area (Å²) >= 11 is 0. The molecular weight excluding hydrogens is 238 g/mol. The summed E-state index contributed by atoms with van der Waals surface area (Å²) in [6.45, 7) is 4.08. The van der Waals surface area contributed by atoms with E-state index < -0.39 is 0 Å². The van der Waals surface area contributed by atoms with E-state index in [1.54, 1.807) is 0 Å². The Balaban J connectivity index is 1.69. The first kappa shape index (κ1) is 14.4. The lowest BCUT2D eigenvalue weighted by molar-refractivity contribution is 0.00186. The third kappa shape index (κ3) is 4.51. The molecule has 0 spiro atoms. The lowest BCUT2D eigenvalue weighted by Gasteiger charge is -2.26. The van der Waals surface area contributed by atoms with E-state index in [0.717, 1.165) is 17.2 Å². The summed E-state index contributed by atoms with van der Waals surface area (Å²) in [6.07, 6.45) is 5.46. The number of hydrogen-bond acceptors (Lipinski definition) is 3. The molecule has 106 valence electrons. The summed E-state index contributed by atoms with van der Waals surface area (Å²) in [7, 11) is 0. The van der Waals surface area contributed by atoms with Crippen molar-refractivity contribution in [2.75, 3.05) is 13.2 Å². The van der Waals surface area contributed by atoms with Gasteiger partial charge in [0.1, 0.15) is 12.4 Å². The third-order valence-corrected chi connectivity index (χ3v) is 3.78. The van der Waals surface area contributed by atoms with E-state index in [9.17, 15) is 0 Å². The Hall–Kier alpha value is -1.06. The van der Waals surface area contributed by atoms with Crippen LogP contribution < -0.4 is 10.5 Å². The summed E-state index contributed by atoms with van der Waals surface area (Å²) in [5, 5.41) is 0. The minimum absolute atomic E-state index is 0.428. The predicted molar refractivity (Wildman–Crippen MR) is 77.2 cm³/mol. The van der Waals surface area contributed by atoms with Crippen LogP contribution in [0.2, 0.25) is 0 Å². The molecule has 1 aliphatic carbocycles. The molecule has 0 saturated heterocycles. The van der Waals surface area contributed by atoms with Gasteiger partial charge in [-0.15, -0.1) is 0 Å². The van der Waals surface area contributed by atoms with E-state index in [4.69, 9.17) is 15.2 Å². The van der Waals surface area contributed by atoms with Gasteiger partial charge in [0.05, 0.1) is 12.7 Å². The molecule has 2 atom stereocenters. The topological polar surface area (TPSA) is 44.5 Å². The Bertz CT molecular complexity index is 381. The van der Waals surface area contributed by atoms with Crippen LogP contribution in [-0.2, 0) is 11.3 Å². The standard InChI is InChI=1S/C16H25NO2/c1-13-5-4-7-15(11-13)18-9-10-19-16-8-3-2-6-14(16)12-17/h2-3,6,8,13,15H,4-5,7,9-12,17H2,1H3. The van der Waals surface area contributed by atoms with Crippen LogP contribution in [0, 0.1) is 5.92 Å². The molecule has 0 aliphatic heterocycles. The van der Waals surface area contributed by atoms with Gasteiger partial charge in [-0.1, -0.05) is 38.0 Å². The van der Waals surface area contributed by atoms with Gasteiger partial charge in [-0.25, -0.2) is 0 Å². The molecule has 0 aromatic heterocycles. The number of ether oxygens (including phenoxy) is 2. The average Bonchev–Trinajstić information content (AvgIpc) is 2.44. The predicted octanol–water partition coefficient (Wildman–Crippen LogP) is 3.12. The van der Waals surface area contributed by atoms with E-state index in [2.05, 4.69) is 6.92 Å². The summed E-state index contributed by atoms with van der Waals surface area (Å²) in [5.74, 6) is 1.68. The van der Waals surface area contributed by atoms with Gasteiger partial charge in [0.15, 0.2) is 0 Å². The Morgan fingerprint density at radius 3 is 2.84 bits per heavy atom. The van der Waals surface area contributed by atoms with E-state index >= 15 is 0 Å². The average molecular weight is 263 g/mol. The molecule has 3 nitrogen and oxygen atoms in total. The molecule has 2 unspecified atom stereocenters. The molecule has 2 rings (SSSR count). The molecule has 0 bridgehead atoms. The van der Waals surface area contributed by atoms with E-state index in [1.807, 2.05) is 24.3 Å². The molecule has 19 heavy (non-hydrogen) atoms. The molecule has 1 aromatic rings. The molecule has 1 aromatic carbocycles. The molecule has 3 heteroatoms. The van der Waals surface area contributed by atoms with Gasteiger partial charge in [0.2, 0.25) is 0 Å². The minimum Gasteiger partial charge on any atom is -0.491 e. The van der Waals surface area contributed by atoms with Crippen molar-refractivity contribution in [3.8, 4) is 5.75 Å². The van der Waals surface area contributed by atoms with Gasteiger partial charge in [-0.2, -0.15) is 0 Å². The first-order chi connectivity index (χ1) is 9.29. The monoisotopic (exact) mass is 263 g/mol. The SMILES string of the molecule is CC1CCCC(OCCOc2ccccc2CN)C1. The number of nitrogens with two attached hydrogens (primary N) is 1. The zero-order valence-corrected chi connectivity index (χ0v) is 11.8. The van der Waals surface area contributed by atoms with Crippen LogP contribution in [0.15, 0.2) is 24.3 Å². The molecule has 0 amide bonds. The zero-order valence-electron chi connectivity index (χ0n) is 11.8. The van der Waals surface area contributed by atoms with Gasteiger partial charge in [0, 0.05) is 12.1 Å². The number of hydrogen-bond donors (Lipinski definition) is 1. The van der Waals surface area contributed by atoms with E-state index in [0.29, 0.717) is 25.9 Å². The van der Waals surface area contributed by atoms with Gasteiger partial charge in [-0.05, 0) is 24.8 Å². The Kier molecular flexibility index (Phi) is 5.67. The van der Waals surface area contributed by atoms with Crippen molar-refractivity contribution < 1.29 is 9.47 Å². The molecule has 0 heterocycles. The van der Waals surface area contributed by atoms with E-state index in [-0.39, 0.29) is 0 Å². The summed E-state index contributed by atoms with van der Waals surface area (Å²) < 4.78 is 11.6. The maximum Gasteiger partial charge on any atom is 0.123 e. The van der Waals surface area contributed by atoms with Crippen LogP contribution in [0.1, 0.15) is 38.2 Å². The Morgan fingerprint density at radius 1 is 1.21 bits per heavy atom. The quantitative estimate of drug-likeness (QED) is 0.802. The van der Waals surface area contributed by atoms with Crippen molar-refractivity contribution >= 4 is 0 Å². The minimum atomic E-state index is 0.428. The molecule has 1 aliphatic rings. The normalized spacial score (nSPS) is 23.3. The van der Waals surface area contributed by atoms with E-state index in [1.165, 1.54) is 25.7 Å². The van der Waals surface area contributed by atoms with Crippen LogP contribution >= 0.6 is 0 Å². The summed E-state index contributed by atoms with van der Waals surface area (Å²) in [4.78, 5) is 0. The van der Waals surface area contributed by atoms with Gasteiger partial charge < -0.3 is 15.2 Å². The largest absolute Gasteiger partial charge is 0.491 e. The molecule has 0 radical (unpaired) electrons. The van der Waals surface area contributed by atoms with Crippen molar-refractivity contribution in [2.45, 2.75) is 45.3 Å². The fourth-order valence-corrected chi connectivity index (χ4v) is 2.71. The van der Waals surface area contributed by atoms with Gasteiger partial charge in [-0.3, -0.25) is 0 Å². The lowest BCUT2D eigenvalue weighted by Crippen LogP contribution is -2.23. The zero-order chi connectivity index (χ0) is 13.5. The van der Waals surface area contributed by atoms with Crippen molar-refractivity contribution in [3.63, 3.8) is 0 Å². The highest BCUT2D eigenvalue weighted by Crippen LogP contribution is 2.25. The Morgan fingerprint density at radius 2 is 2.05 bits per heavy atom. The van der Waals surface area contributed by atoms with Crippen LogP contribution in [0.5, 0.6) is 5.75 Å². The highest BCUT2D eigenvalue weighted by atomic mass is 16.5. The second-order valence-electron chi connectivity index (χ2n) is 5.42. The van der Waals surface area contributed by atoms with Crippen molar-refractivity contribution in [3.05, 3.63) is 29.8 Å². The highest BCUT2D eigenvalue weighted by molar-refractivity contribution is 5.32. The fraction of sp³-hybridized carbons (Fsp3) is 0.625. The van der Waals surface area contributed by atoms with Crippen molar-refractivity contribution in [2.24, 2.45) is 11.7 Å². The van der Waals surface area contributed by atoms with Crippen molar-refractivity contribution in [1.29, 1.82) is 0 Å². The maximum atomic E-state index is 5.89. The highest BCUT2D eigenvalue weighted by Gasteiger charge is 2.18. The molecule has 2 N–H and O–H groups in total. The molecule has 1 fully saturated rings. The fourth-order valence-electron chi connectivity index (χ4n) is 2.71. The first-order valence-electron chi connectivity index (χ1n) is 7.32. The lowest BCUT2D eigenvalue weighted by atomic mass is 9.89. The van der Waals surface area contributed by atoms with Crippen LogP contribution in [0.25, 0.3) is 0 Å². The van der Waals surface area contributed by atoms with Gasteiger partial charge in [0.25, 0.3) is 0 Å². The second-order valence-corrected chi connectivity index (χ2v) is 5.42. The van der Waals surface area contributed by atoms with Crippen LogP contribution in [0.3, 0.4) is 0 Å². The number of benzene rings is 1. The molecular formula is C16H25NO2. The maximum absolute atomic E-state index is 5.89.